The number of hydrogen-bond donors (Lipinski definition) is 0. The van der Waals surface area contributed by atoms with E-state index >= 15 is 0 Å². The lowest BCUT2D eigenvalue weighted by Crippen LogP contribution is -2.28. The summed E-state index contributed by atoms with van der Waals surface area (Å²) in [5, 5.41) is 0. The van der Waals surface area contributed by atoms with Crippen molar-refractivity contribution < 1.29 is 27.5 Å². The van der Waals surface area contributed by atoms with E-state index in [1.54, 1.807) is 0 Å². The van der Waals surface area contributed by atoms with Gasteiger partial charge in [0.15, 0.2) is 0 Å². The van der Waals surface area contributed by atoms with Gasteiger partial charge in [-0.15, -0.1) is 0 Å². The van der Waals surface area contributed by atoms with E-state index in [1.165, 1.54) is 11.1 Å². The summed E-state index contributed by atoms with van der Waals surface area (Å²) in [5.41, 5.74) is 2.38. The van der Waals surface area contributed by atoms with Gasteiger partial charge in [0, 0.05) is 19.6 Å². The number of alkyl halides is 3. The average molecular weight is 301 g/mol. The fraction of sp³-hybridized carbons (Fsp3) is 0.429. The third kappa shape index (κ3) is 4.29. The summed E-state index contributed by atoms with van der Waals surface area (Å²) in [7, 11) is 0. The van der Waals surface area contributed by atoms with Crippen molar-refractivity contribution >= 4 is 11.8 Å². The Bertz CT molecular complexity index is 518. The van der Waals surface area contributed by atoms with Crippen LogP contribution in [-0.2, 0) is 27.4 Å². The van der Waals surface area contributed by atoms with Crippen LogP contribution in [0, 0.1) is 0 Å². The van der Waals surface area contributed by atoms with Crippen LogP contribution in [0.1, 0.15) is 17.5 Å². The summed E-state index contributed by atoms with van der Waals surface area (Å²) in [4.78, 5) is 23.8. The maximum Gasteiger partial charge on any atom is 0.450 e. The van der Waals surface area contributed by atoms with Crippen LogP contribution >= 0.6 is 0 Å². The van der Waals surface area contributed by atoms with Crippen molar-refractivity contribution in [3.8, 4) is 0 Å². The highest BCUT2D eigenvalue weighted by atomic mass is 19.4. The molecular weight excluding hydrogens is 287 g/mol. The lowest BCUT2D eigenvalue weighted by Gasteiger charge is -2.14. The molecule has 0 saturated carbocycles. The van der Waals surface area contributed by atoms with Gasteiger partial charge in [-0.1, -0.05) is 24.3 Å². The molecule has 1 heterocycles. The van der Waals surface area contributed by atoms with Crippen LogP contribution in [0.2, 0.25) is 0 Å². The molecule has 0 atom stereocenters. The number of carbonyl (C=O) groups excluding carboxylic acids is 2. The van der Waals surface area contributed by atoms with Crippen LogP contribution in [-0.4, -0.2) is 36.0 Å². The van der Waals surface area contributed by atoms with Gasteiger partial charge in [0.1, 0.15) is 13.0 Å². The Morgan fingerprint density at radius 1 is 1.14 bits per heavy atom. The number of nitrogens with zero attached hydrogens (tertiary/aromatic N) is 1. The van der Waals surface area contributed by atoms with Gasteiger partial charge >= 0.3 is 12.1 Å². The zero-order valence-electron chi connectivity index (χ0n) is 11.2. The van der Waals surface area contributed by atoms with E-state index in [2.05, 4.69) is 4.74 Å². The lowest BCUT2D eigenvalue weighted by atomic mass is 10.1. The molecule has 0 saturated heterocycles. The molecule has 0 spiro atoms. The molecule has 7 heteroatoms. The Labute approximate surface area is 119 Å². The van der Waals surface area contributed by atoms with Gasteiger partial charge in [0.25, 0.3) is 0 Å². The number of rotatable bonds is 5. The second kappa shape index (κ2) is 6.26. The Kier molecular flexibility index (Phi) is 4.62. The first-order chi connectivity index (χ1) is 9.86. The van der Waals surface area contributed by atoms with Gasteiger partial charge in [-0.2, -0.15) is 13.2 Å². The zero-order valence-corrected chi connectivity index (χ0v) is 11.2. The largest absolute Gasteiger partial charge is 0.464 e. The van der Waals surface area contributed by atoms with Crippen LogP contribution in [0.5, 0.6) is 0 Å². The number of esters is 1. The number of fused-ring (bicyclic) bond motifs is 1. The summed E-state index contributed by atoms with van der Waals surface area (Å²) >= 11 is 0. The molecule has 1 aliphatic rings. The summed E-state index contributed by atoms with van der Waals surface area (Å²) in [5.74, 6) is -3.23. The van der Waals surface area contributed by atoms with E-state index in [0.717, 1.165) is 13.1 Å². The van der Waals surface area contributed by atoms with E-state index in [9.17, 15) is 22.8 Å². The summed E-state index contributed by atoms with van der Waals surface area (Å²) in [6.07, 6.45) is -6.25. The Balaban J connectivity index is 1.69. The highest BCUT2D eigenvalue weighted by Gasteiger charge is 2.39. The van der Waals surface area contributed by atoms with E-state index in [1.807, 2.05) is 29.2 Å². The van der Waals surface area contributed by atoms with E-state index in [-0.39, 0.29) is 6.61 Å². The smallest absolute Gasteiger partial charge is 0.450 e. The molecule has 0 bridgehead atoms. The third-order valence-electron chi connectivity index (χ3n) is 3.20. The molecule has 0 aliphatic carbocycles. The molecule has 1 aromatic carbocycles. The van der Waals surface area contributed by atoms with E-state index in [4.69, 9.17) is 0 Å². The number of benzene rings is 1. The van der Waals surface area contributed by atoms with Gasteiger partial charge in [0.2, 0.25) is 5.78 Å². The van der Waals surface area contributed by atoms with Crippen molar-refractivity contribution in [3.63, 3.8) is 0 Å². The molecule has 0 radical (unpaired) electrons. The van der Waals surface area contributed by atoms with Crippen LogP contribution < -0.4 is 0 Å². The Morgan fingerprint density at radius 3 is 2.24 bits per heavy atom. The fourth-order valence-electron chi connectivity index (χ4n) is 2.13. The van der Waals surface area contributed by atoms with Gasteiger partial charge in [-0.3, -0.25) is 14.5 Å². The van der Waals surface area contributed by atoms with E-state index < -0.39 is 24.3 Å². The second-order valence-corrected chi connectivity index (χ2v) is 4.80. The lowest BCUT2D eigenvalue weighted by molar-refractivity contribution is -0.174. The van der Waals surface area contributed by atoms with Gasteiger partial charge in [0.05, 0.1) is 0 Å². The van der Waals surface area contributed by atoms with E-state index in [0.29, 0.717) is 6.54 Å². The van der Waals surface area contributed by atoms with Crippen LogP contribution in [0.3, 0.4) is 0 Å². The van der Waals surface area contributed by atoms with Gasteiger partial charge < -0.3 is 4.74 Å². The minimum atomic E-state index is -4.99. The highest BCUT2D eigenvalue weighted by Crippen LogP contribution is 2.21. The monoisotopic (exact) mass is 301 g/mol. The minimum absolute atomic E-state index is 0.0298. The standard InChI is InChI=1S/C14H14F3NO3/c15-14(16,17)12(19)7-13(20)21-6-5-18-8-10-3-1-2-4-11(10)9-18/h1-4H,5-9H2. The SMILES string of the molecule is O=C(CC(=O)C(F)(F)F)OCCN1Cc2ccccc2C1. The Hall–Kier alpha value is -1.89. The molecule has 0 amide bonds. The van der Waals surface area contributed by atoms with Gasteiger partial charge in [-0.05, 0) is 11.1 Å². The first kappa shape index (κ1) is 15.5. The maximum atomic E-state index is 12.0. The number of hydrogen-bond acceptors (Lipinski definition) is 4. The molecule has 1 aromatic rings. The molecule has 0 unspecified atom stereocenters. The molecular formula is C14H14F3NO3. The Morgan fingerprint density at radius 2 is 1.71 bits per heavy atom. The maximum absolute atomic E-state index is 12.0. The quantitative estimate of drug-likeness (QED) is 0.617. The van der Waals surface area contributed by atoms with Crippen LogP contribution in [0.25, 0.3) is 0 Å². The highest BCUT2D eigenvalue weighted by molar-refractivity contribution is 5.98. The van der Waals surface area contributed by atoms with Crippen LogP contribution in [0.15, 0.2) is 24.3 Å². The molecule has 4 nitrogen and oxygen atoms in total. The summed E-state index contributed by atoms with van der Waals surface area (Å²) in [6.45, 7) is 1.82. The minimum Gasteiger partial charge on any atom is -0.464 e. The first-order valence-corrected chi connectivity index (χ1v) is 6.41. The normalized spacial score (nSPS) is 14.8. The predicted molar refractivity (Wildman–Crippen MR) is 67.2 cm³/mol. The number of carbonyl (C=O) groups is 2. The molecule has 0 N–H and O–H groups in total. The predicted octanol–water partition coefficient (Wildman–Crippen LogP) is 2.07. The van der Waals surface area contributed by atoms with Crippen molar-refractivity contribution in [1.82, 2.24) is 4.90 Å². The van der Waals surface area contributed by atoms with Crippen molar-refractivity contribution in [3.05, 3.63) is 35.4 Å². The average Bonchev–Trinajstić information content (AvgIpc) is 2.80. The summed E-state index contributed by atoms with van der Waals surface area (Å²) < 4.78 is 40.6. The van der Waals surface area contributed by atoms with Crippen molar-refractivity contribution in [2.75, 3.05) is 13.2 Å². The third-order valence-corrected chi connectivity index (χ3v) is 3.20. The number of ether oxygens (including phenoxy) is 1. The number of halogens is 3. The molecule has 0 fully saturated rings. The van der Waals surface area contributed by atoms with Crippen molar-refractivity contribution in [2.24, 2.45) is 0 Å². The topological polar surface area (TPSA) is 46.6 Å². The molecule has 21 heavy (non-hydrogen) atoms. The number of Topliss-reactive ketones (excluding diaryl/α,β-unsaturated/α-hetero) is 1. The summed E-state index contributed by atoms with van der Waals surface area (Å²) in [6, 6.07) is 7.88. The van der Waals surface area contributed by atoms with Gasteiger partial charge in [-0.25, -0.2) is 0 Å². The molecule has 2 rings (SSSR count). The second-order valence-electron chi connectivity index (χ2n) is 4.80. The zero-order chi connectivity index (χ0) is 15.5. The van der Waals surface area contributed by atoms with Crippen molar-refractivity contribution in [1.29, 1.82) is 0 Å². The van der Waals surface area contributed by atoms with Crippen LogP contribution in [0.4, 0.5) is 13.2 Å². The number of ketones is 1. The molecule has 0 aromatic heterocycles. The first-order valence-electron chi connectivity index (χ1n) is 6.41. The fourth-order valence-corrected chi connectivity index (χ4v) is 2.13. The molecule has 114 valence electrons. The molecule has 1 aliphatic heterocycles. The van der Waals surface area contributed by atoms with Crippen molar-refractivity contribution in [2.45, 2.75) is 25.7 Å².